The number of halogens is 2. The van der Waals surface area contributed by atoms with Crippen molar-refractivity contribution < 1.29 is 18.6 Å². The molecule has 1 aliphatic rings. The van der Waals surface area contributed by atoms with Gasteiger partial charge in [-0.2, -0.15) is 8.78 Å². The zero-order chi connectivity index (χ0) is 14.5. The molecule has 0 saturated carbocycles. The lowest BCUT2D eigenvalue weighted by Gasteiger charge is -2.28. The summed E-state index contributed by atoms with van der Waals surface area (Å²) in [5.74, 6) is 0.204. The number of aliphatic hydroxyl groups is 1. The molecule has 0 bridgehead atoms. The fourth-order valence-corrected chi connectivity index (χ4v) is 2.21. The molecular weight excluding hydrogens is 266 g/mol. The number of hydrazine groups is 1. The number of hydrogen-bond donors (Lipinski definition) is 1. The van der Waals surface area contributed by atoms with E-state index >= 15 is 0 Å². The first-order valence-corrected chi connectivity index (χ1v) is 6.43. The maximum atomic E-state index is 12.2. The highest BCUT2D eigenvalue weighted by atomic mass is 19.3. The Morgan fingerprint density at radius 1 is 1.40 bits per heavy atom. The van der Waals surface area contributed by atoms with Gasteiger partial charge in [0.2, 0.25) is 0 Å². The fraction of sp³-hybridized carbons (Fsp3) is 0.429. The molecule has 0 amide bonds. The second kappa shape index (κ2) is 6.67. The summed E-state index contributed by atoms with van der Waals surface area (Å²) in [6, 6.07) is 5.18. The summed E-state index contributed by atoms with van der Waals surface area (Å²) >= 11 is 0. The van der Waals surface area contributed by atoms with Crippen LogP contribution in [0.3, 0.4) is 0 Å². The minimum Gasteiger partial charge on any atom is -0.435 e. The summed E-state index contributed by atoms with van der Waals surface area (Å²) in [6.07, 6.45) is 3.94. The van der Waals surface area contributed by atoms with Gasteiger partial charge in [-0.1, -0.05) is 18.2 Å². The van der Waals surface area contributed by atoms with Crippen molar-refractivity contribution in [3.63, 3.8) is 0 Å². The van der Waals surface area contributed by atoms with Gasteiger partial charge in [-0.05, 0) is 24.1 Å². The molecule has 0 saturated heterocycles. The summed E-state index contributed by atoms with van der Waals surface area (Å²) < 4.78 is 28.8. The minimum atomic E-state index is -2.80. The van der Waals surface area contributed by atoms with Crippen LogP contribution in [0.2, 0.25) is 0 Å². The van der Waals surface area contributed by atoms with Gasteiger partial charge in [0, 0.05) is 19.3 Å². The standard InChI is InChI=1S/C14H18F2N2O2/c1-11-9-12(3-4-13(11)20-14(15)16)10-18-6-2-5-17(18)7-8-19/h2-5,9,14,19H,6-8,10H2,1H3. The Bertz CT molecular complexity index is 480. The van der Waals surface area contributed by atoms with Crippen molar-refractivity contribution in [3.8, 4) is 5.75 Å². The molecule has 110 valence electrons. The molecule has 0 aromatic heterocycles. The molecule has 0 aliphatic carbocycles. The monoisotopic (exact) mass is 284 g/mol. The van der Waals surface area contributed by atoms with Crippen molar-refractivity contribution in [2.24, 2.45) is 0 Å². The molecule has 0 atom stereocenters. The van der Waals surface area contributed by atoms with Crippen LogP contribution in [0.5, 0.6) is 5.75 Å². The van der Waals surface area contributed by atoms with Gasteiger partial charge in [0.05, 0.1) is 13.2 Å². The molecule has 0 spiro atoms. The normalized spacial score (nSPS) is 15.3. The average Bonchev–Trinajstić information content (AvgIpc) is 2.80. The van der Waals surface area contributed by atoms with E-state index in [2.05, 4.69) is 9.75 Å². The first kappa shape index (κ1) is 14.7. The van der Waals surface area contributed by atoms with Gasteiger partial charge in [0.25, 0.3) is 0 Å². The zero-order valence-electron chi connectivity index (χ0n) is 11.3. The summed E-state index contributed by atoms with van der Waals surface area (Å²) in [4.78, 5) is 0. The lowest BCUT2D eigenvalue weighted by Crippen LogP contribution is -2.36. The SMILES string of the molecule is Cc1cc(CN2CC=CN2CCO)ccc1OC(F)F. The molecule has 1 heterocycles. The van der Waals surface area contributed by atoms with Crippen molar-refractivity contribution in [2.45, 2.75) is 20.1 Å². The van der Waals surface area contributed by atoms with E-state index in [-0.39, 0.29) is 12.4 Å². The van der Waals surface area contributed by atoms with Crippen molar-refractivity contribution in [1.82, 2.24) is 10.0 Å². The van der Waals surface area contributed by atoms with Crippen LogP contribution in [0.4, 0.5) is 8.78 Å². The van der Waals surface area contributed by atoms with Gasteiger partial charge in [0.15, 0.2) is 0 Å². The van der Waals surface area contributed by atoms with E-state index in [1.54, 1.807) is 19.1 Å². The van der Waals surface area contributed by atoms with Gasteiger partial charge < -0.3 is 14.9 Å². The Morgan fingerprint density at radius 3 is 2.85 bits per heavy atom. The van der Waals surface area contributed by atoms with Crippen molar-refractivity contribution >= 4 is 0 Å². The number of β-amino-alcohol motifs (C(OH)–C–C–N with tert-alkyl or cyclic N) is 1. The molecule has 1 N–H and O–H groups in total. The third-order valence-corrected chi connectivity index (χ3v) is 3.11. The first-order valence-electron chi connectivity index (χ1n) is 6.43. The van der Waals surface area contributed by atoms with E-state index in [0.717, 1.165) is 12.1 Å². The van der Waals surface area contributed by atoms with Gasteiger partial charge in [0.1, 0.15) is 5.75 Å². The summed E-state index contributed by atoms with van der Waals surface area (Å²) in [5, 5.41) is 13.0. The Balaban J connectivity index is 2.01. The number of nitrogens with zero attached hydrogens (tertiary/aromatic N) is 2. The molecule has 0 fully saturated rings. The third-order valence-electron chi connectivity index (χ3n) is 3.11. The number of aliphatic hydroxyl groups excluding tert-OH is 1. The molecule has 1 aliphatic heterocycles. The molecule has 20 heavy (non-hydrogen) atoms. The quantitative estimate of drug-likeness (QED) is 0.868. The lowest BCUT2D eigenvalue weighted by atomic mass is 10.1. The largest absolute Gasteiger partial charge is 0.435 e. The van der Waals surface area contributed by atoms with E-state index in [9.17, 15) is 8.78 Å². The lowest BCUT2D eigenvalue weighted by molar-refractivity contribution is -0.0503. The maximum Gasteiger partial charge on any atom is 0.387 e. The van der Waals surface area contributed by atoms with Crippen LogP contribution in [0.15, 0.2) is 30.5 Å². The number of hydrogen-bond acceptors (Lipinski definition) is 4. The Hall–Kier alpha value is -1.66. The van der Waals surface area contributed by atoms with Crippen molar-refractivity contribution in [3.05, 3.63) is 41.6 Å². The Morgan fingerprint density at radius 2 is 2.20 bits per heavy atom. The smallest absolute Gasteiger partial charge is 0.387 e. The van der Waals surface area contributed by atoms with E-state index in [1.165, 1.54) is 0 Å². The van der Waals surface area contributed by atoms with E-state index in [1.807, 2.05) is 23.4 Å². The first-order chi connectivity index (χ1) is 9.60. The predicted octanol–water partition coefficient (Wildman–Crippen LogP) is 2.14. The topological polar surface area (TPSA) is 35.9 Å². The van der Waals surface area contributed by atoms with Crippen LogP contribution < -0.4 is 4.74 Å². The molecule has 4 nitrogen and oxygen atoms in total. The summed E-state index contributed by atoms with van der Waals surface area (Å²) in [6.45, 7) is 0.997. The van der Waals surface area contributed by atoms with Crippen LogP contribution in [0, 0.1) is 6.92 Å². The number of alkyl halides is 2. The highest BCUT2D eigenvalue weighted by molar-refractivity contribution is 5.36. The Kier molecular flexibility index (Phi) is 4.92. The summed E-state index contributed by atoms with van der Waals surface area (Å²) in [7, 11) is 0. The molecule has 0 radical (unpaired) electrons. The predicted molar refractivity (Wildman–Crippen MR) is 71.2 cm³/mol. The average molecular weight is 284 g/mol. The van der Waals surface area contributed by atoms with Gasteiger partial charge in [-0.25, -0.2) is 5.01 Å². The summed E-state index contributed by atoms with van der Waals surface area (Å²) in [5.41, 5.74) is 1.69. The maximum absolute atomic E-state index is 12.2. The second-order valence-corrected chi connectivity index (χ2v) is 4.60. The van der Waals surface area contributed by atoms with E-state index in [4.69, 9.17) is 5.11 Å². The van der Waals surface area contributed by atoms with Crippen molar-refractivity contribution in [2.75, 3.05) is 19.7 Å². The zero-order valence-corrected chi connectivity index (χ0v) is 11.3. The highest BCUT2D eigenvalue weighted by Crippen LogP contribution is 2.22. The Labute approximate surface area is 116 Å². The molecule has 6 heteroatoms. The molecule has 2 rings (SSSR count). The molecule has 1 aromatic rings. The van der Waals surface area contributed by atoms with E-state index < -0.39 is 6.61 Å². The van der Waals surface area contributed by atoms with Gasteiger partial charge >= 0.3 is 6.61 Å². The number of rotatable bonds is 6. The van der Waals surface area contributed by atoms with Crippen LogP contribution >= 0.6 is 0 Å². The van der Waals surface area contributed by atoms with Crippen molar-refractivity contribution in [1.29, 1.82) is 0 Å². The highest BCUT2D eigenvalue weighted by Gasteiger charge is 2.16. The molecular formula is C14H18F2N2O2. The van der Waals surface area contributed by atoms with E-state index in [0.29, 0.717) is 18.7 Å². The third kappa shape index (κ3) is 3.68. The van der Waals surface area contributed by atoms with Crippen LogP contribution in [-0.2, 0) is 6.54 Å². The van der Waals surface area contributed by atoms with Gasteiger partial charge in [-0.15, -0.1) is 0 Å². The van der Waals surface area contributed by atoms with Crippen LogP contribution in [0.25, 0.3) is 0 Å². The van der Waals surface area contributed by atoms with Crippen LogP contribution in [-0.4, -0.2) is 41.4 Å². The second-order valence-electron chi connectivity index (χ2n) is 4.60. The molecule has 1 aromatic carbocycles. The number of benzene rings is 1. The fourth-order valence-electron chi connectivity index (χ4n) is 2.21. The number of ether oxygens (including phenoxy) is 1. The minimum absolute atomic E-state index is 0.0844. The number of aryl methyl sites for hydroxylation is 1. The molecule has 0 unspecified atom stereocenters. The van der Waals surface area contributed by atoms with Crippen LogP contribution in [0.1, 0.15) is 11.1 Å². The van der Waals surface area contributed by atoms with Gasteiger partial charge in [-0.3, -0.25) is 0 Å².